The fraction of sp³-hybridized carbons (Fsp3) is 0.0625. The monoisotopic (exact) mass is 376 g/mol. The molecule has 0 aliphatic rings. The van der Waals surface area contributed by atoms with Gasteiger partial charge in [-0.15, -0.1) is 0 Å². The molecule has 1 heterocycles. The molecule has 0 unspecified atom stereocenters. The van der Waals surface area contributed by atoms with Crippen molar-refractivity contribution in [2.45, 2.75) is 11.4 Å². The lowest BCUT2D eigenvalue weighted by molar-refractivity contribution is 0.582. The second-order valence-corrected chi connectivity index (χ2v) is 7.34. The first-order valence-corrected chi connectivity index (χ1v) is 8.92. The van der Waals surface area contributed by atoms with Gasteiger partial charge in [0.15, 0.2) is 0 Å². The number of nitrogens with one attached hydrogen (secondary N) is 1. The van der Waals surface area contributed by atoms with E-state index in [2.05, 4.69) is 25.6 Å². The van der Waals surface area contributed by atoms with Crippen LogP contribution in [0.3, 0.4) is 0 Å². The number of hydrogen-bond acceptors (Lipinski definition) is 3. The summed E-state index contributed by atoms with van der Waals surface area (Å²) in [6.45, 7) is 0.215. The lowest BCUT2D eigenvalue weighted by Gasteiger charge is -2.10. The smallest absolute Gasteiger partial charge is 0.243 e. The van der Waals surface area contributed by atoms with E-state index in [0.29, 0.717) is 5.52 Å². The molecule has 0 aliphatic heterocycles. The summed E-state index contributed by atoms with van der Waals surface area (Å²) in [6, 6.07) is 16.3. The Hall–Kier alpha value is -1.76. The van der Waals surface area contributed by atoms with E-state index in [4.69, 9.17) is 0 Å². The first-order valence-electron chi connectivity index (χ1n) is 6.65. The van der Waals surface area contributed by atoms with Crippen LogP contribution >= 0.6 is 15.9 Å². The maximum absolute atomic E-state index is 12.6. The van der Waals surface area contributed by atoms with Crippen LogP contribution in [0.5, 0.6) is 0 Å². The van der Waals surface area contributed by atoms with Crippen LogP contribution in [0.25, 0.3) is 10.9 Å². The number of pyridine rings is 1. The largest absolute Gasteiger partial charge is 0.255 e. The molecule has 6 heteroatoms. The van der Waals surface area contributed by atoms with Gasteiger partial charge in [-0.05, 0) is 23.8 Å². The Balaban J connectivity index is 1.94. The molecule has 0 aliphatic carbocycles. The predicted octanol–water partition coefficient (Wildman–Crippen LogP) is 3.48. The molecule has 2 aromatic carbocycles. The van der Waals surface area contributed by atoms with Crippen LogP contribution in [0.15, 0.2) is 70.2 Å². The molecule has 0 saturated carbocycles. The first-order chi connectivity index (χ1) is 10.6. The number of sulfonamides is 1. The number of halogens is 1. The van der Waals surface area contributed by atoms with E-state index in [1.807, 2.05) is 36.4 Å². The minimum absolute atomic E-state index is 0.192. The number of hydrogen-bond donors (Lipinski definition) is 1. The van der Waals surface area contributed by atoms with Crippen molar-refractivity contribution >= 4 is 36.9 Å². The van der Waals surface area contributed by atoms with E-state index in [9.17, 15) is 8.42 Å². The van der Waals surface area contributed by atoms with Gasteiger partial charge in [0, 0.05) is 22.6 Å². The molecule has 1 aromatic heterocycles. The third-order valence-electron chi connectivity index (χ3n) is 3.30. The van der Waals surface area contributed by atoms with Crippen molar-refractivity contribution in [1.82, 2.24) is 9.71 Å². The minimum atomic E-state index is -3.64. The van der Waals surface area contributed by atoms with Crippen molar-refractivity contribution in [3.63, 3.8) is 0 Å². The van der Waals surface area contributed by atoms with Crippen molar-refractivity contribution in [3.05, 3.63) is 70.8 Å². The van der Waals surface area contributed by atoms with Crippen LogP contribution in [0.4, 0.5) is 0 Å². The van der Waals surface area contributed by atoms with Crippen molar-refractivity contribution in [2.75, 3.05) is 0 Å². The highest BCUT2D eigenvalue weighted by molar-refractivity contribution is 9.10. The summed E-state index contributed by atoms with van der Waals surface area (Å²) in [6.07, 6.45) is 1.59. The summed E-state index contributed by atoms with van der Waals surface area (Å²) in [4.78, 5) is 4.38. The normalized spacial score (nSPS) is 11.7. The van der Waals surface area contributed by atoms with E-state index in [0.717, 1.165) is 15.4 Å². The molecule has 3 aromatic rings. The molecule has 0 bridgehead atoms. The second kappa shape index (κ2) is 6.16. The quantitative estimate of drug-likeness (QED) is 0.758. The Morgan fingerprint density at radius 2 is 1.77 bits per heavy atom. The van der Waals surface area contributed by atoms with Gasteiger partial charge in [0.05, 0.1) is 5.52 Å². The van der Waals surface area contributed by atoms with E-state index < -0.39 is 10.0 Å². The summed E-state index contributed by atoms with van der Waals surface area (Å²) < 4.78 is 28.6. The highest BCUT2D eigenvalue weighted by Crippen LogP contribution is 2.21. The van der Waals surface area contributed by atoms with Crippen LogP contribution in [0.2, 0.25) is 0 Å². The van der Waals surface area contributed by atoms with Crippen molar-refractivity contribution in [3.8, 4) is 0 Å². The van der Waals surface area contributed by atoms with Crippen LogP contribution in [-0.4, -0.2) is 13.4 Å². The summed E-state index contributed by atoms with van der Waals surface area (Å²) >= 11 is 3.41. The van der Waals surface area contributed by atoms with E-state index in [1.54, 1.807) is 24.4 Å². The lowest BCUT2D eigenvalue weighted by Crippen LogP contribution is -2.23. The number of fused-ring (bicyclic) bond motifs is 1. The molecule has 3 rings (SSSR count). The average molecular weight is 377 g/mol. The third-order valence-corrected chi connectivity index (χ3v) is 5.50. The second-order valence-electron chi connectivity index (χ2n) is 4.75. The molecule has 0 spiro atoms. The summed E-state index contributed by atoms with van der Waals surface area (Å²) in [7, 11) is -3.64. The zero-order chi connectivity index (χ0) is 15.6. The molecule has 0 radical (unpaired) electrons. The van der Waals surface area contributed by atoms with Crippen molar-refractivity contribution in [2.24, 2.45) is 0 Å². The maximum atomic E-state index is 12.6. The highest BCUT2D eigenvalue weighted by atomic mass is 79.9. The Bertz CT molecular complexity index is 921. The van der Waals surface area contributed by atoms with Gasteiger partial charge >= 0.3 is 0 Å². The van der Waals surface area contributed by atoms with Crippen LogP contribution in [-0.2, 0) is 16.6 Å². The first kappa shape index (κ1) is 15.1. The summed E-state index contributed by atoms with van der Waals surface area (Å²) in [5.74, 6) is 0. The third kappa shape index (κ3) is 3.04. The van der Waals surface area contributed by atoms with Gasteiger partial charge in [0.1, 0.15) is 4.90 Å². The standard InChI is InChI=1S/C16H13BrN2O2S/c17-14-8-2-1-5-13(14)11-19-22(20,21)15-9-3-6-12-7-4-10-18-16(12)15/h1-10,19H,11H2. The number of aromatic nitrogens is 1. The Labute approximate surface area is 137 Å². The number of para-hydroxylation sites is 1. The minimum Gasteiger partial charge on any atom is -0.255 e. The molecule has 0 fully saturated rings. The van der Waals surface area contributed by atoms with Crippen LogP contribution in [0.1, 0.15) is 5.56 Å². The molecule has 22 heavy (non-hydrogen) atoms. The molecule has 112 valence electrons. The summed E-state index contributed by atoms with van der Waals surface area (Å²) in [5.41, 5.74) is 1.35. The molecular formula is C16H13BrN2O2S. The number of rotatable bonds is 4. The van der Waals surface area contributed by atoms with Gasteiger partial charge in [0.25, 0.3) is 0 Å². The fourth-order valence-corrected chi connectivity index (χ4v) is 3.79. The highest BCUT2D eigenvalue weighted by Gasteiger charge is 2.18. The fourth-order valence-electron chi connectivity index (χ4n) is 2.19. The lowest BCUT2D eigenvalue weighted by atomic mass is 10.2. The van der Waals surface area contributed by atoms with Gasteiger partial charge in [0.2, 0.25) is 10.0 Å². The van der Waals surface area contributed by atoms with E-state index in [-0.39, 0.29) is 11.4 Å². The molecule has 0 saturated heterocycles. The van der Waals surface area contributed by atoms with Gasteiger partial charge in [-0.25, -0.2) is 13.1 Å². The summed E-state index contributed by atoms with van der Waals surface area (Å²) in [5, 5.41) is 0.797. The van der Waals surface area contributed by atoms with Gasteiger partial charge < -0.3 is 0 Å². The van der Waals surface area contributed by atoms with E-state index >= 15 is 0 Å². The Morgan fingerprint density at radius 1 is 1.00 bits per heavy atom. The number of benzene rings is 2. The van der Waals surface area contributed by atoms with Gasteiger partial charge in [-0.1, -0.05) is 52.3 Å². The van der Waals surface area contributed by atoms with Crippen LogP contribution in [0, 0.1) is 0 Å². The maximum Gasteiger partial charge on any atom is 0.243 e. The molecular weight excluding hydrogens is 364 g/mol. The van der Waals surface area contributed by atoms with Gasteiger partial charge in [-0.3, -0.25) is 4.98 Å². The zero-order valence-electron chi connectivity index (χ0n) is 11.5. The number of nitrogens with zero attached hydrogens (tertiary/aromatic N) is 1. The van der Waals surface area contributed by atoms with Crippen LogP contribution < -0.4 is 4.72 Å². The Morgan fingerprint density at radius 3 is 2.59 bits per heavy atom. The van der Waals surface area contributed by atoms with Gasteiger partial charge in [-0.2, -0.15) is 0 Å². The molecule has 0 amide bonds. The van der Waals surface area contributed by atoms with Crippen molar-refractivity contribution < 1.29 is 8.42 Å². The average Bonchev–Trinajstić information content (AvgIpc) is 2.53. The SMILES string of the molecule is O=S(=O)(NCc1ccccc1Br)c1cccc2cccnc12. The molecule has 4 nitrogen and oxygen atoms in total. The zero-order valence-corrected chi connectivity index (χ0v) is 13.9. The van der Waals surface area contributed by atoms with E-state index in [1.165, 1.54) is 0 Å². The van der Waals surface area contributed by atoms with Crippen molar-refractivity contribution in [1.29, 1.82) is 0 Å². The predicted molar refractivity (Wildman–Crippen MR) is 89.9 cm³/mol. The molecule has 0 atom stereocenters. The Kier molecular flexibility index (Phi) is 4.24. The topological polar surface area (TPSA) is 59.1 Å². The molecule has 1 N–H and O–H groups in total.